The Bertz CT molecular complexity index is 1110. The van der Waals surface area contributed by atoms with Gasteiger partial charge in [-0.2, -0.15) is 9.97 Å². The van der Waals surface area contributed by atoms with Gasteiger partial charge in [-0.1, -0.05) is 36.4 Å². The fourth-order valence-electron chi connectivity index (χ4n) is 3.65. The summed E-state index contributed by atoms with van der Waals surface area (Å²) in [4.78, 5) is 11.1. The molecule has 2 aliphatic rings. The van der Waals surface area contributed by atoms with E-state index in [1.165, 1.54) is 18.6 Å². The van der Waals surface area contributed by atoms with Crippen LogP contribution in [0.4, 0.5) is 11.8 Å². The van der Waals surface area contributed by atoms with E-state index in [9.17, 15) is 8.42 Å². The number of para-hydroxylation sites is 1. The molecule has 0 bridgehead atoms. The van der Waals surface area contributed by atoms with Gasteiger partial charge in [0.1, 0.15) is 11.6 Å². The van der Waals surface area contributed by atoms with Crippen LogP contribution in [0.5, 0.6) is 11.6 Å². The van der Waals surface area contributed by atoms with Crippen LogP contribution in [0.2, 0.25) is 0 Å². The number of anilines is 2. The van der Waals surface area contributed by atoms with Crippen molar-refractivity contribution in [3.05, 3.63) is 66.7 Å². The SMILES string of the molecule is O=S(=O)(Nc1nc(Oc2ccccc2)cc(N2CC3CC3C2)n1)c1ccccc1. The maximum absolute atomic E-state index is 12.7. The molecule has 1 aliphatic carbocycles. The molecule has 2 heterocycles. The zero-order valence-electron chi connectivity index (χ0n) is 15.6. The first-order valence-electron chi connectivity index (χ1n) is 9.52. The van der Waals surface area contributed by atoms with Crippen molar-refractivity contribution < 1.29 is 13.2 Å². The minimum Gasteiger partial charge on any atom is -0.439 e. The third kappa shape index (κ3) is 3.88. The molecule has 2 unspecified atom stereocenters. The van der Waals surface area contributed by atoms with Crippen LogP contribution >= 0.6 is 0 Å². The average molecular weight is 408 g/mol. The van der Waals surface area contributed by atoms with Crippen molar-refractivity contribution in [2.45, 2.75) is 11.3 Å². The topological polar surface area (TPSA) is 84.4 Å². The van der Waals surface area contributed by atoms with Crippen LogP contribution in [-0.4, -0.2) is 31.5 Å². The van der Waals surface area contributed by atoms with Crippen LogP contribution in [0.3, 0.4) is 0 Å². The number of hydrogen-bond donors (Lipinski definition) is 1. The molecule has 29 heavy (non-hydrogen) atoms. The van der Waals surface area contributed by atoms with Crippen LogP contribution in [0, 0.1) is 11.8 Å². The Morgan fingerprint density at radius 2 is 1.59 bits per heavy atom. The van der Waals surface area contributed by atoms with E-state index in [4.69, 9.17) is 4.74 Å². The van der Waals surface area contributed by atoms with Gasteiger partial charge in [-0.15, -0.1) is 0 Å². The fraction of sp³-hybridized carbons (Fsp3) is 0.238. The summed E-state index contributed by atoms with van der Waals surface area (Å²) in [6, 6.07) is 19.2. The van der Waals surface area contributed by atoms with Crippen LogP contribution < -0.4 is 14.4 Å². The Labute approximate surface area is 169 Å². The van der Waals surface area contributed by atoms with E-state index in [1.807, 2.05) is 30.3 Å². The smallest absolute Gasteiger partial charge is 0.264 e. The molecule has 2 fully saturated rings. The molecule has 1 saturated carbocycles. The summed E-state index contributed by atoms with van der Waals surface area (Å²) < 4.78 is 33.8. The Morgan fingerprint density at radius 3 is 2.28 bits per heavy atom. The van der Waals surface area contributed by atoms with Gasteiger partial charge in [0, 0.05) is 19.2 Å². The molecule has 1 N–H and O–H groups in total. The largest absolute Gasteiger partial charge is 0.439 e. The molecule has 0 spiro atoms. The lowest BCUT2D eigenvalue weighted by atomic mass is 10.3. The first-order chi connectivity index (χ1) is 14.1. The molecule has 3 aromatic rings. The van der Waals surface area contributed by atoms with Crippen LogP contribution in [0.1, 0.15) is 6.42 Å². The molecule has 2 atom stereocenters. The number of nitrogens with one attached hydrogen (secondary N) is 1. The van der Waals surface area contributed by atoms with Gasteiger partial charge in [0.25, 0.3) is 10.0 Å². The molecular formula is C21H20N4O3S. The molecule has 0 amide bonds. The van der Waals surface area contributed by atoms with Gasteiger partial charge in [0.05, 0.1) is 4.90 Å². The van der Waals surface area contributed by atoms with Crippen molar-refractivity contribution in [3.63, 3.8) is 0 Å². The zero-order valence-corrected chi connectivity index (χ0v) is 16.4. The highest BCUT2D eigenvalue weighted by molar-refractivity contribution is 7.92. The molecule has 1 aromatic heterocycles. The molecule has 0 radical (unpaired) electrons. The van der Waals surface area contributed by atoms with Crippen molar-refractivity contribution in [3.8, 4) is 11.6 Å². The second-order valence-electron chi connectivity index (χ2n) is 7.38. The monoisotopic (exact) mass is 408 g/mol. The predicted molar refractivity (Wildman–Crippen MR) is 110 cm³/mol. The summed E-state index contributed by atoms with van der Waals surface area (Å²) >= 11 is 0. The number of sulfonamides is 1. The highest BCUT2D eigenvalue weighted by Gasteiger charge is 2.45. The molecule has 2 aromatic carbocycles. The summed E-state index contributed by atoms with van der Waals surface area (Å²) in [5.74, 6) is 3.02. The predicted octanol–water partition coefficient (Wildman–Crippen LogP) is 3.53. The fourth-order valence-corrected chi connectivity index (χ4v) is 4.61. The summed E-state index contributed by atoms with van der Waals surface area (Å²) in [5, 5.41) is 0. The summed E-state index contributed by atoms with van der Waals surface area (Å²) in [7, 11) is -3.79. The van der Waals surface area contributed by atoms with Crippen LogP contribution in [-0.2, 0) is 10.0 Å². The first kappa shape index (κ1) is 17.9. The summed E-state index contributed by atoms with van der Waals surface area (Å²) in [5.41, 5.74) is 0. The molecule has 1 saturated heterocycles. The number of benzene rings is 2. The number of piperidine rings is 1. The number of hydrogen-bond acceptors (Lipinski definition) is 6. The van der Waals surface area contributed by atoms with Gasteiger partial charge in [0.2, 0.25) is 11.8 Å². The number of ether oxygens (including phenoxy) is 1. The molecule has 8 heteroatoms. The third-order valence-electron chi connectivity index (χ3n) is 5.24. The lowest BCUT2D eigenvalue weighted by Gasteiger charge is -2.20. The van der Waals surface area contributed by atoms with Crippen molar-refractivity contribution in [1.29, 1.82) is 0 Å². The van der Waals surface area contributed by atoms with Gasteiger partial charge in [-0.25, -0.2) is 13.1 Å². The van der Waals surface area contributed by atoms with Crippen LogP contribution in [0.25, 0.3) is 0 Å². The van der Waals surface area contributed by atoms with E-state index in [0.717, 1.165) is 13.1 Å². The second-order valence-corrected chi connectivity index (χ2v) is 9.06. The van der Waals surface area contributed by atoms with Gasteiger partial charge in [-0.3, -0.25) is 0 Å². The molecular weight excluding hydrogens is 388 g/mol. The molecule has 5 rings (SSSR count). The molecule has 1 aliphatic heterocycles. The Balaban J connectivity index is 1.47. The van der Waals surface area contributed by atoms with E-state index in [2.05, 4.69) is 19.6 Å². The van der Waals surface area contributed by atoms with Gasteiger partial charge in [0.15, 0.2) is 0 Å². The maximum atomic E-state index is 12.7. The van der Waals surface area contributed by atoms with Gasteiger partial charge in [-0.05, 0) is 42.5 Å². The summed E-state index contributed by atoms with van der Waals surface area (Å²) in [6.45, 7) is 1.86. The number of fused-ring (bicyclic) bond motifs is 1. The van der Waals surface area contributed by atoms with Crippen molar-refractivity contribution in [2.75, 3.05) is 22.7 Å². The van der Waals surface area contributed by atoms with E-state index in [1.54, 1.807) is 24.3 Å². The lowest BCUT2D eigenvalue weighted by molar-refractivity contribution is 0.462. The van der Waals surface area contributed by atoms with E-state index in [0.29, 0.717) is 29.3 Å². The second kappa shape index (κ2) is 7.04. The van der Waals surface area contributed by atoms with E-state index < -0.39 is 10.0 Å². The number of nitrogens with zero attached hydrogens (tertiary/aromatic N) is 3. The summed E-state index contributed by atoms with van der Waals surface area (Å²) in [6.07, 6.45) is 1.27. The Morgan fingerprint density at radius 1 is 0.931 bits per heavy atom. The Hall–Kier alpha value is -3.13. The lowest BCUT2D eigenvalue weighted by Crippen LogP contribution is -2.24. The average Bonchev–Trinajstić information content (AvgIpc) is 3.34. The van der Waals surface area contributed by atoms with Gasteiger partial charge >= 0.3 is 0 Å². The highest BCUT2D eigenvalue weighted by Crippen LogP contribution is 2.46. The standard InChI is InChI=1S/C21H20N4O3S/c26-29(27,18-9-5-2-6-10-18)24-21-22-19(25-13-15-11-16(15)14-25)12-20(23-21)28-17-7-3-1-4-8-17/h1-10,12,15-16H,11,13-14H2,(H,22,23,24). The highest BCUT2D eigenvalue weighted by atomic mass is 32.2. The molecule has 7 nitrogen and oxygen atoms in total. The van der Waals surface area contributed by atoms with Crippen molar-refractivity contribution >= 4 is 21.8 Å². The normalized spacial score (nSPS) is 20.2. The Kier molecular flexibility index (Phi) is 4.35. The van der Waals surface area contributed by atoms with Crippen LogP contribution in [0.15, 0.2) is 71.6 Å². The minimum absolute atomic E-state index is 0.00198. The minimum atomic E-state index is -3.79. The first-order valence-corrected chi connectivity index (χ1v) is 11.0. The molecule has 148 valence electrons. The van der Waals surface area contributed by atoms with E-state index >= 15 is 0 Å². The quantitative estimate of drug-likeness (QED) is 0.672. The maximum Gasteiger partial charge on any atom is 0.264 e. The van der Waals surface area contributed by atoms with E-state index in [-0.39, 0.29) is 10.8 Å². The van der Waals surface area contributed by atoms with Crippen molar-refractivity contribution in [1.82, 2.24) is 9.97 Å². The zero-order chi connectivity index (χ0) is 19.8. The number of aromatic nitrogens is 2. The third-order valence-corrected chi connectivity index (χ3v) is 6.58. The van der Waals surface area contributed by atoms with Gasteiger partial charge < -0.3 is 9.64 Å². The van der Waals surface area contributed by atoms with Crippen molar-refractivity contribution in [2.24, 2.45) is 11.8 Å². The number of rotatable bonds is 6.